The average Bonchev–Trinajstić information content (AvgIpc) is 2.94. The Kier molecular flexibility index (Phi) is 4.12. The second-order valence-electron chi connectivity index (χ2n) is 5.35. The fourth-order valence-electron chi connectivity index (χ4n) is 2.61. The Morgan fingerprint density at radius 3 is 2.44 bits per heavy atom. The van der Waals surface area contributed by atoms with Crippen molar-refractivity contribution in [1.29, 1.82) is 0 Å². The number of rotatable bonds is 4. The summed E-state index contributed by atoms with van der Waals surface area (Å²) in [6, 6.07) is 10.6. The number of benzene rings is 2. The highest BCUT2D eigenvalue weighted by molar-refractivity contribution is 6.01. The van der Waals surface area contributed by atoms with E-state index in [0.717, 1.165) is 4.57 Å². The number of alkyl halides is 3. The number of aromatic carboxylic acids is 1. The molecule has 5 nitrogen and oxygen atoms in total. The highest BCUT2D eigenvalue weighted by Gasteiger charge is 2.38. The number of carbonyl (C=O) groups is 1. The molecule has 0 saturated heterocycles. The van der Waals surface area contributed by atoms with Gasteiger partial charge in [0.1, 0.15) is 11.3 Å². The van der Waals surface area contributed by atoms with E-state index in [1.165, 1.54) is 25.3 Å². The Morgan fingerprint density at radius 1 is 1.20 bits per heavy atom. The molecule has 1 aromatic heterocycles. The smallest absolute Gasteiger partial charge is 0.449 e. The lowest BCUT2D eigenvalue weighted by atomic mass is 10.1. The molecule has 3 rings (SSSR count). The summed E-state index contributed by atoms with van der Waals surface area (Å²) in [5.74, 6) is -1.87. The molecule has 0 spiro atoms. The largest absolute Gasteiger partial charge is 0.497 e. The molecule has 0 saturated carbocycles. The number of carboxylic acid groups (broad SMARTS) is 1. The lowest BCUT2D eigenvalue weighted by molar-refractivity contribution is -0.146. The highest BCUT2D eigenvalue weighted by atomic mass is 19.4. The number of ether oxygens (including phenoxy) is 1. The van der Waals surface area contributed by atoms with Crippen molar-refractivity contribution in [1.82, 2.24) is 9.55 Å². The first-order valence-electron chi connectivity index (χ1n) is 7.24. The zero-order valence-corrected chi connectivity index (χ0v) is 13.0. The molecule has 25 heavy (non-hydrogen) atoms. The Balaban J connectivity index is 2.17. The Hall–Kier alpha value is -3.03. The molecule has 130 valence electrons. The van der Waals surface area contributed by atoms with Crippen LogP contribution >= 0.6 is 0 Å². The van der Waals surface area contributed by atoms with Crippen LogP contribution < -0.4 is 4.74 Å². The van der Waals surface area contributed by atoms with Gasteiger partial charge in [-0.2, -0.15) is 13.2 Å². The van der Waals surface area contributed by atoms with Crippen LogP contribution in [0.1, 0.15) is 21.7 Å². The van der Waals surface area contributed by atoms with Gasteiger partial charge in [0.15, 0.2) is 0 Å². The molecule has 1 heterocycles. The van der Waals surface area contributed by atoms with Crippen LogP contribution in [0, 0.1) is 0 Å². The maximum atomic E-state index is 13.4. The first-order valence-corrected chi connectivity index (χ1v) is 7.24. The summed E-state index contributed by atoms with van der Waals surface area (Å²) >= 11 is 0. The Labute approximate surface area is 140 Å². The van der Waals surface area contributed by atoms with Gasteiger partial charge in [-0.3, -0.25) is 0 Å². The second kappa shape index (κ2) is 6.12. The van der Waals surface area contributed by atoms with Gasteiger partial charge in [-0.25, -0.2) is 9.78 Å². The minimum Gasteiger partial charge on any atom is -0.497 e. The number of halogens is 3. The monoisotopic (exact) mass is 350 g/mol. The number of hydrogen-bond acceptors (Lipinski definition) is 3. The molecule has 3 aromatic rings. The number of imidazole rings is 1. The number of methoxy groups -OCH3 is 1. The second-order valence-corrected chi connectivity index (χ2v) is 5.35. The van der Waals surface area contributed by atoms with Crippen LogP contribution in [0.4, 0.5) is 13.2 Å². The number of carboxylic acids is 1. The van der Waals surface area contributed by atoms with Gasteiger partial charge in [0.25, 0.3) is 0 Å². The van der Waals surface area contributed by atoms with Gasteiger partial charge in [0, 0.05) is 6.54 Å². The lowest BCUT2D eigenvalue weighted by Crippen LogP contribution is -2.15. The minimum atomic E-state index is -4.71. The quantitative estimate of drug-likeness (QED) is 0.777. The van der Waals surface area contributed by atoms with Crippen LogP contribution in [0.25, 0.3) is 11.0 Å². The lowest BCUT2D eigenvalue weighted by Gasteiger charge is -2.12. The molecule has 0 aliphatic rings. The fourth-order valence-corrected chi connectivity index (χ4v) is 2.61. The van der Waals surface area contributed by atoms with Gasteiger partial charge in [-0.15, -0.1) is 0 Å². The minimum absolute atomic E-state index is 0.0988. The average molecular weight is 350 g/mol. The summed E-state index contributed by atoms with van der Waals surface area (Å²) in [5.41, 5.74) is 0.265. The van der Waals surface area contributed by atoms with E-state index in [-0.39, 0.29) is 23.1 Å². The van der Waals surface area contributed by atoms with Crippen molar-refractivity contribution in [3.63, 3.8) is 0 Å². The molecule has 0 unspecified atom stereocenters. The summed E-state index contributed by atoms with van der Waals surface area (Å²) in [7, 11) is 1.49. The van der Waals surface area contributed by atoms with E-state index in [9.17, 15) is 23.1 Å². The number of nitrogens with zero attached hydrogens (tertiary/aromatic N) is 2. The van der Waals surface area contributed by atoms with Crippen molar-refractivity contribution in [2.45, 2.75) is 12.7 Å². The van der Waals surface area contributed by atoms with Gasteiger partial charge in [0.2, 0.25) is 5.82 Å². The SMILES string of the molecule is COc1ccc(Cn2c(C(F)(F)F)nc3c(C(=O)O)cccc32)cc1. The molecule has 0 aliphatic carbocycles. The molecule has 0 radical (unpaired) electrons. The third-order valence-electron chi connectivity index (χ3n) is 3.76. The van der Waals surface area contributed by atoms with Gasteiger partial charge in [-0.1, -0.05) is 18.2 Å². The van der Waals surface area contributed by atoms with Crippen molar-refractivity contribution >= 4 is 17.0 Å². The van der Waals surface area contributed by atoms with Crippen LogP contribution in [0.3, 0.4) is 0 Å². The predicted molar refractivity (Wildman–Crippen MR) is 83.8 cm³/mol. The first kappa shape index (κ1) is 16.8. The van der Waals surface area contributed by atoms with Crippen molar-refractivity contribution in [2.24, 2.45) is 0 Å². The summed E-state index contributed by atoms with van der Waals surface area (Å²) in [4.78, 5) is 14.8. The molecule has 0 fully saturated rings. The van der Waals surface area contributed by atoms with Gasteiger partial charge >= 0.3 is 12.1 Å². The third-order valence-corrected chi connectivity index (χ3v) is 3.76. The van der Waals surface area contributed by atoms with E-state index in [0.29, 0.717) is 11.3 Å². The van der Waals surface area contributed by atoms with Crippen LogP contribution in [0.5, 0.6) is 5.75 Å². The molecule has 2 aromatic carbocycles. The molecule has 0 atom stereocenters. The summed E-state index contributed by atoms with van der Waals surface area (Å²) in [6.07, 6.45) is -4.71. The van der Waals surface area contributed by atoms with E-state index in [2.05, 4.69) is 4.98 Å². The molecular formula is C17H13F3N2O3. The van der Waals surface area contributed by atoms with Crippen molar-refractivity contribution in [3.05, 3.63) is 59.4 Å². The van der Waals surface area contributed by atoms with Crippen molar-refractivity contribution < 1.29 is 27.8 Å². The molecule has 1 N–H and O–H groups in total. The number of para-hydroxylation sites is 1. The van der Waals surface area contributed by atoms with E-state index in [1.54, 1.807) is 24.3 Å². The van der Waals surface area contributed by atoms with Gasteiger partial charge in [-0.05, 0) is 29.8 Å². The molecule has 0 amide bonds. The van der Waals surface area contributed by atoms with Crippen LogP contribution in [0.15, 0.2) is 42.5 Å². The van der Waals surface area contributed by atoms with Gasteiger partial charge < -0.3 is 14.4 Å². The molecule has 0 aliphatic heterocycles. The number of aromatic nitrogens is 2. The van der Waals surface area contributed by atoms with E-state index >= 15 is 0 Å². The fraction of sp³-hybridized carbons (Fsp3) is 0.176. The van der Waals surface area contributed by atoms with E-state index in [4.69, 9.17) is 4.74 Å². The van der Waals surface area contributed by atoms with Crippen molar-refractivity contribution in [3.8, 4) is 5.75 Å². The van der Waals surface area contributed by atoms with Gasteiger partial charge in [0.05, 0.1) is 18.2 Å². The number of fused-ring (bicyclic) bond motifs is 1. The van der Waals surface area contributed by atoms with Crippen molar-refractivity contribution in [2.75, 3.05) is 7.11 Å². The van der Waals surface area contributed by atoms with Crippen LogP contribution in [-0.4, -0.2) is 27.7 Å². The predicted octanol–water partition coefficient (Wildman–Crippen LogP) is 3.81. The summed E-state index contributed by atoms with van der Waals surface area (Å²) in [5, 5.41) is 9.19. The third kappa shape index (κ3) is 3.15. The zero-order chi connectivity index (χ0) is 18.2. The maximum absolute atomic E-state index is 13.4. The highest BCUT2D eigenvalue weighted by Crippen LogP contribution is 2.33. The zero-order valence-electron chi connectivity index (χ0n) is 13.0. The standard InChI is InChI=1S/C17H13F3N2O3/c1-25-11-7-5-10(6-8-11)9-22-13-4-2-3-12(15(23)24)14(13)21-16(22)17(18,19)20/h2-8H,9H2,1H3,(H,23,24). The summed E-state index contributed by atoms with van der Waals surface area (Å²) < 4.78 is 46.2. The Morgan fingerprint density at radius 2 is 1.88 bits per heavy atom. The Bertz CT molecular complexity index is 931. The number of hydrogen-bond donors (Lipinski definition) is 1. The maximum Gasteiger partial charge on any atom is 0.449 e. The topological polar surface area (TPSA) is 64.4 Å². The van der Waals surface area contributed by atoms with E-state index in [1.807, 2.05) is 0 Å². The molecular weight excluding hydrogens is 337 g/mol. The molecule has 0 bridgehead atoms. The summed E-state index contributed by atoms with van der Waals surface area (Å²) in [6.45, 7) is -0.0988. The van der Waals surface area contributed by atoms with Crippen LogP contribution in [0.2, 0.25) is 0 Å². The molecule has 8 heteroatoms. The van der Waals surface area contributed by atoms with Crippen LogP contribution in [-0.2, 0) is 12.7 Å². The van der Waals surface area contributed by atoms with E-state index < -0.39 is 18.0 Å². The first-order chi connectivity index (χ1) is 11.8. The normalized spacial score (nSPS) is 11.7.